The molecule has 4 N–H and O–H groups in total. The number of aliphatic carboxylic acids is 1. The molecule has 0 spiro atoms. The minimum atomic E-state index is -1.13. The maximum Gasteiger partial charge on any atom is 0.326 e. The van der Waals surface area contributed by atoms with Gasteiger partial charge in [-0.2, -0.15) is 0 Å². The van der Waals surface area contributed by atoms with Gasteiger partial charge in [-0.15, -0.1) is 0 Å². The maximum atomic E-state index is 11.0. The molecule has 1 atom stereocenters. The second kappa shape index (κ2) is 6.34. The molecule has 0 aliphatic rings. The summed E-state index contributed by atoms with van der Waals surface area (Å²) in [5, 5.41) is 22.1. The van der Waals surface area contributed by atoms with E-state index in [1.165, 1.54) is 24.3 Å². The highest BCUT2D eigenvalue weighted by Gasteiger charge is 2.18. The third-order valence-corrected chi connectivity index (χ3v) is 2.40. The van der Waals surface area contributed by atoms with Crippen LogP contribution in [0.5, 0.6) is 0 Å². The molecule has 8 heteroatoms. The molecule has 0 saturated carbocycles. The van der Waals surface area contributed by atoms with E-state index < -0.39 is 22.8 Å². The number of nitro benzene ring substituents is 1. The number of nitro groups is 1. The second-order valence-corrected chi connectivity index (χ2v) is 3.84. The van der Waals surface area contributed by atoms with Gasteiger partial charge in [0.15, 0.2) is 0 Å². The molecule has 0 aliphatic heterocycles. The van der Waals surface area contributed by atoms with Gasteiger partial charge in [-0.05, 0) is 18.6 Å². The summed E-state index contributed by atoms with van der Waals surface area (Å²) in [6.45, 7) is 0. The molecule has 1 amide bonds. The second-order valence-electron chi connectivity index (χ2n) is 3.84. The minimum absolute atomic E-state index is 0.0433. The Morgan fingerprint density at radius 1 is 1.37 bits per heavy atom. The predicted molar refractivity (Wildman–Crippen MR) is 66.6 cm³/mol. The van der Waals surface area contributed by atoms with Gasteiger partial charge in [0.2, 0.25) is 5.91 Å². The van der Waals surface area contributed by atoms with E-state index in [0.717, 1.165) is 0 Å². The normalized spacial score (nSPS) is 11.6. The Bertz CT molecular complexity index is 486. The van der Waals surface area contributed by atoms with Crippen molar-refractivity contribution in [1.29, 1.82) is 0 Å². The largest absolute Gasteiger partial charge is 0.480 e. The number of nitrogens with zero attached hydrogens (tertiary/aromatic N) is 1. The van der Waals surface area contributed by atoms with Gasteiger partial charge in [-0.1, -0.05) is 0 Å². The van der Waals surface area contributed by atoms with Crippen LogP contribution in [0.4, 0.5) is 11.4 Å². The number of carbonyl (C=O) groups excluding carboxylic acids is 1. The number of amides is 1. The van der Waals surface area contributed by atoms with Crippen molar-refractivity contribution in [1.82, 2.24) is 0 Å². The van der Waals surface area contributed by atoms with Crippen LogP contribution in [0, 0.1) is 10.1 Å². The first-order chi connectivity index (χ1) is 8.90. The molecule has 0 radical (unpaired) electrons. The Balaban J connectivity index is 2.70. The third kappa shape index (κ3) is 4.62. The lowest BCUT2D eigenvalue weighted by Gasteiger charge is -2.14. The highest BCUT2D eigenvalue weighted by molar-refractivity contribution is 5.79. The summed E-state index contributed by atoms with van der Waals surface area (Å²) in [6, 6.07) is 4.34. The molecule has 1 aromatic rings. The average molecular weight is 267 g/mol. The van der Waals surface area contributed by atoms with Crippen molar-refractivity contribution in [3.8, 4) is 0 Å². The number of benzene rings is 1. The number of anilines is 1. The quantitative estimate of drug-likeness (QED) is 0.492. The summed E-state index contributed by atoms with van der Waals surface area (Å²) in [5.74, 6) is -1.71. The molecule has 0 heterocycles. The number of carboxylic acid groups (broad SMARTS) is 1. The third-order valence-electron chi connectivity index (χ3n) is 2.40. The topological polar surface area (TPSA) is 136 Å². The van der Waals surface area contributed by atoms with E-state index in [1.807, 2.05) is 0 Å². The SMILES string of the molecule is NC(=O)CC[C@@H](Nc1ccc([N+](=O)[O-])cc1)C(=O)O. The van der Waals surface area contributed by atoms with E-state index in [0.29, 0.717) is 5.69 Å². The van der Waals surface area contributed by atoms with Crippen LogP contribution in [0.1, 0.15) is 12.8 Å². The van der Waals surface area contributed by atoms with Crippen molar-refractivity contribution in [3.05, 3.63) is 34.4 Å². The molecule has 8 nitrogen and oxygen atoms in total. The number of hydrogen-bond acceptors (Lipinski definition) is 5. The average Bonchev–Trinajstić information content (AvgIpc) is 2.34. The number of nitrogens with one attached hydrogen (secondary N) is 1. The molecular weight excluding hydrogens is 254 g/mol. The predicted octanol–water partition coefficient (Wildman–Crippen LogP) is 0.725. The Morgan fingerprint density at radius 3 is 2.37 bits per heavy atom. The number of carbonyl (C=O) groups is 2. The number of rotatable bonds is 7. The van der Waals surface area contributed by atoms with Crippen molar-refractivity contribution < 1.29 is 19.6 Å². The van der Waals surface area contributed by atoms with E-state index >= 15 is 0 Å². The van der Waals surface area contributed by atoms with Crippen molar-refractivity contribution in [2.75, 3.05) is 5.32 Å². The molecule has 0 bridgehead atoms. The summed E-state index contributed by atoms with van der Waals surface area (Å²) in [5.41, 5.74) is 5.28. The molecule has 1 aromatic carbocycles. The lowest BCUT2D eigenvalue weighted by atomic mass is 10.1. The fourth-order valence-electron chi connectivity index (χ4n) is 1.42. The maximum absolute atomic E-state index is 11.0. The summed E-state index contributed by atoms with van der Waals surface area (Å²) in [7, 11) is 0. The molecule has 1 rings (SSSR count). The van der Waals surface area contributed by atoms with Crippen molar-refractivity contribution in [3.63, 3.8) is 0 Å². The van der Waals surface area contributed by atoms with Crippen LogP contribution in [0.2, 0.25) is 0 Å². The lowest BCUT2D eigenvalue weighted by molar-refractivity contribution is -0.384. The van der Waals surface area contributed by atoms with Gasteiger partial charge in [-0.25, -0.2) is 4.79 Å². The minimum Gasteiger partial charge on any atom is -0.480 e. The van der Waals surface area contributed by atoms with Gasteiger partial charge in [0.1, 0.15) is 6.04 Å². The van der Waals surface area contributed by atoms with Crippen LogP contribution in [0.15, 0.2) is 24.3 Å². The van der Waals surface area contributed by atoms with E-state index in [-0.39, 0.29) is 18.5 Å². The summed E-state index contributed by atoms with van der Waals surface area (Å²) >= 11 is 0. The summed E-state index contributed by atoms with van der Waals surface area (Å²) in [6.07, 6.45) is -0.0153. The zero-order valence-electron chi connectivity index (χ0n) is 9.91. The molecular formula is C11H13N3O5. The first kappa shape index (κ1) is 14.4. The number of primary amides is 1. The van der Waals surface area contributed by atoms with Crippen LogP contribution in [-0.4, -0.2) is 27.9 Å². The zero-order valence-corrected chi connectivity index (χ0v) is 9.91. The molecule has 0 aliphatic carbocycles. The van der Waals surface area contributed by atoms with Crippen LogP contribution in [0.3, 0.4) is 0 Å². The summed E-state index contributed by atoms with van der Waals surface area (Å²) in [4.78, 5) is 31.5. The number of hydrogen-bond donors (Lipinski definition) is 3. The van der Waals surface area contributed by atoms with E-state index in [2.05, 4.69) is 5.32 Å². The Labute approximate surface area is 108 Å². The fraction of sp³-hybridized carbons (Fsp3) is 0.273. The fourth-order valence-corrected chi connectivity index (χ4v) is 1.42. The number of nitrogens with two attached hydrogens (primary N) is 1. The van der Waals surface area contributed by atoms with Gasteiger partial charge in [-0.3, -0.25) is 14.9 Å². The van der Waals surface area contributed by atoms with Gasteiger partial charge in [0.05, 0.1) is 4.92 Å². The van der Waals surface area contributed by atoms with Crippen LogP contribution in [-0.2, 0) is 9.59 Å². The molecule has 0 saturated heterocycles. The van der Waals surface area contributed by atoms with Gasteiger partial charge in [0.25, 0.3) is 5.69 Å². The van der Waals surface area contributed by atoms with Crippen molar-refractivity contribution >= 4 is 23.3 Å². The highest BCUT2D eigenvalue weighted by Crippen LogP contribution is 2.17. The van der Waals surface area contributed by atoms with Gasteiger partial charge in [0, 0.05) is 24.2 Å². The van der Waals surface area contributed by atoms with Gasteiger partial charge >= 0.3 is 5.97 Å². The molecule has 0 aromatic heterocycles. The van der Waals surface area contributed by atoms with E-state index in [1.54, 1.807) is 0 Å². The Morgan fingerprint density at radius 2 is 1.95 bits per heavy atom. The monoisotopic (exact) mass is 267 g/mol. The molecule has 19 heavy (non-hydrogen) atoms. The smallest absolute Gasteiger partial charge is 0.326 e. The Hall–Kier alpha value is -2.64. The standard InChI is InChI=1S/C11H13N3O5/c12-10(15)6-5-9(11(16)17)13-7-1-3-8(4-2-7)14(18)19/h1-4,9,13H,5-6H2,(H2,12,15)(H,16,17)/t9-/m1/s1. The van der Waals surface area contributed by atoms with E-state index in [4.69, 9.17) is 10.8 Å². The summed E-state index contributed by atoms with van der Waals surface area (Å²) < 4.78 is 0. The first-order valence-electron chi connectivity index (χ1n) is 5.42. The Kier molecular flexibility index (Phi) is 4.81. The van der Waals surface area contributed by atoms with Crippen molar-refractivity contribution in [2.45, 2.75) is 18.9 Å². The highest BCUT2D eigenvalue weighted by atomic mass is 16.6. The van der Waals surface area contributed by atoms with Crippen LogP contribution < -0.4 is 11.1 Å². The van der Waals surface area contributed by atoms with Crippen molar-refractivity contribution in [2.24, 2.45) is 5.73 Å². The number of carboxylic acids is 1. The molecule has 0 unspecified atom stereocenters. The first-order valence-corrected chi connectivity index (χ1v) is 5.42. The van der Waals surface area contributed by atoms with Crippen LogP contribution >= 0.6 is 0 Å². The zero-order chi connectivity index (χ0) is 14.4. The molecule has 102 valence electrons. The molecule has 0 fully saturated rings. The van der Waals surface area contributed by atoms with Crippen LogP contribution in [0.25, 0.3) is 0 Å². The van der Waals surface area contributed by atoms with E-state index in [9.17, 15) is 19.7 Å². The van der Waals surface area contributed by atoms with Gasteiger partial charge < -0.3 is 16.2 Å². The number of non-ortho nitro benzene ring substituents is 1. The lowest BCUT2D eigenvalue weighted by Crippen LogP contribution is -2.30.